The number of rotatable bonds is 8. The van der Waals surface area contributed by atoms with Crippen LogP contribution >= 0.6 is 0 Å². The van der Waals surface area contributed by atoms with Crippen LogP contribution in [0.1, 0.15) is 36.2 Å². The van der Waals surface area contributed by atoms with E-state index in [1.807, 2.05) is 36.4 Å². The molecule has 0 bridgehead atoms. The fourth-order valence-electron chi connectivity index (χ4n) is 3.53. The van der Waals surface area contributed by atoms with E-state index >= 15 is 0 Å². The van der Waals surface area contributed by atoms with Crippen LogP contribution in [0.4, 0.5) is 11.4 Å². The number of amides is 1. The topological polar surface area (TPSA) is 44.8 Å². The Hall–Kier alpha value is -2.37. The number of carbonyl (C=O) groups is 1. The molecule has 0 saturated carbocycles. The van der Waals surface area contributed by atoms with Crippen LogP contribution < -0.4 is 10.2 Å². The number of hydrogen-bond acceptors (Lipinski definition) is 4. The molecule has 0 aromatic heterocycles. The zero-order valence-electron chi connectivity index (χ0n) is 17.0. The van der Waals surface area contributed by atoms with E-state index in [4.69, 9.17) is 4.74 Å². The summed E-state index contributed by atoms with van der Waals surface area (Å²) in [5.74, 6) is -0.0754. The van der Waals surface area contributed by atoms with E-state index in [0.717, 1.165) is 63.7 Å². The van der Waals surface area contributed by atoms with Gasteiger partial charge in [-0.05, 0) is 55.3 Å². The minimum absolute atomic E-state index is 0.0754. The molecule has 1 fully saturated rings. The summed E-state index contributed by atoms with van der Waals surface area (Å²) in [5.41, 5.74) is 3.87. The lowest BCUT2D eigenvalue weighted by Gasteiger charge is -2.26. The molecule has 1 heterocycles. The Labute approximate surface area is 168 Å². The molecule has 5 nitrogen and oxygen atoms in total. The standard InChI is InChI=1S/C23H31N3O2/c1-3-12-26(4-2)22-10-8-20(9-11-22)23(27)24-21-7-5-6-19(17-21)18-25-13-15-28-16-14-25/h5-11,17H,3-4,12-16,18H2,1-2H3,(H,24,27). The molecule has 3 rings (SSSR count). The first-order valence-corrected chi connectivity index (χ1v) is 10.2. The Kier molecular flexibility index (Phi) is 7.46. The number of nitrogens with one attached hydrogen (secondary N) is 1. The highest BCUT2D eigenvalue weighted by atomic mass is 16.5. The number of benzene rings is 2. The van der Waals surface area contributed by atoms with Crippen LogP contribution in [0.5, 0.6) is 0 Å². The highest BCUT2D eigenvalue weighted by molar-refractivity contribution is 6.04. The van der Waals surface area contributed by atoms with Gasteiger partial charge in [-0.15, -0.1) is 0 Å². The van der Waals surface area contributed by atoms with Gasteiger partial charge < -0.3 is 15.0 Å². The average molecular weight is 382 g/mol. The Balaban J connectivity index is 1.61. The van der Waals surface area contributed by atoms with Crippen molar-refractivity contribution in [3.8, 4) is 0 Å². The Morgan fingerprint density at radius 3 is 2.54 bits per heavy atom. The van der Waals surface area contributed by atoms with Crippen molar-refractivity contribution in [2.45, 2.75) is 26.8 Å². The summed E-state index contributed by atoms with van der Waals surface area (Å²) in [6, 6.07) is 16.0. The summed E-state index contributed by atoms with van der Waals surface area (Å²) in [7, 11) is 0. The van der Waals surface area contributed by atoms with Gasteiger partial charge in [0.25, 0.3) is 5.91 Å². The third-order valence-corrected chi connectivity index (χ3v) is 5.06. The van der Waals surface area contributed by atoms with Crippen LogP contribution in [0.15, 0.2) is 48.5 Å². The molecule has 1 aliphatic rings. The van der Waals surface area contributed by atoms with Gasteiger partial charge >= 0.3 is 0 Å². The van der Waals surface area contributed by atoms with Gasteiger partial charge in [0.2, 0.25) is 0 Å². The molecule has 0 aliphatic carbocycles. The molecule has 0 unspecified atom stereocenters. The predicted molar refractivity (Wildman–Crippen MR) is 115 cm³/mol. The maximum absolute atomic E-state index is 12.6. The summed E-state index contributed by atoms with van der Waals surface area (Å²) in [5, 5.41) is 3.03. The van der Waals surface area contributed by atoms with Crippen LogP contribution in [0.2, 0.25) is 0 Å². The maximum atomic E-state index is 12.6. The van der Waals surface area contributed by atoms with Crippen LogP contribution in [0, 0.1) is 0 Å². The van der Waals surface area contributed by atoms with Crippen molar-refractivity contribution in [1.82, 2.24) is 4.90 Å². The summed E-state index contributed by atoms with van der Waals surface area (Å²) < 4.78 is 5.40. The highest BCUT2D eigenvalue weighted by Gasteiger charge is 2.12. The van der Waals surface area contributed by atoms with Gasteiger partial charge in [0, 0.05) is 49.7 Å². The Morgan fingerprint density at radius 2 is 1.86 bits per heavy atom. The van der Waals surface area contributed by atoms with Gasteiger partial charge in [0.15, 0.2) is 0 Å². The summed E-state index contributed by atoms with van der Waals surface area (Å²) >= 11 is 0. The van der Waals surface area contributed by atoms with Crippen LogP contribution in [0.25, 0.3) is 0 Å². The molecule has 0 radical (unpaired) electrons. The summed E-state index contributed by atoms with van der Waals surface area (Å²) in [6.07, 6.45) is 1.11. The quantitative estimate of drug-likeness (QED) is 0.750. The Bertz CT molecular complexity index is 755. The molecule has 0 spiro atoms. The maximum Gasteiger partial charge on any atom is 0.255 e. The van der Waals surface area contributed by atoms with E-state index in [1.165, 1.54) is 5.56 Å². The summed E-state index contributed by atoms with van der Waals surface area (Å²) in [6.45, 7) is 10.7. The third kappa shape index (κ3) is 5.57. The van der Waals surface area contributed by atoms with Crippen LogP contribution in [-0.2, 0) is 11.3 Å². The van der Waals surface area contributed by atoms with Gasteiger partial charge in [-0.1, -0.05) is 19.1 Å². The zero-order chi connectivity index (χ0) is 19.8. The highest BCUT2D eigenvalue weighted by Crippen LogP contribution is 2.18. The molecular formula is C23H31N3O2. The lowest BCUT2D eigenvalue weighted by molar-refractivity contribution is 0.0342. The SMILES string of the molecule is CCCN(CC)c1ccc(C(=O)Nc2cccc(CN3CCOCC3)c2)cc1. The molecule has 5 heteroatoms. The van der Waals surface area contributed by atoms with Crippen molar-refractivity contribution in [2.75, 3.05) is 49.6 Å². The molecule has 1 aliphatic heterocycles. The van der Waals surface area contributed by atoms with E-state index in [-0.39, 0.29) is 5.91 Å². The molecule has 0 atom stereocenters. The second-order valence-corrected chi connectivity index (χ2v) is 7.17. The molecule has 2 aromatic rings. The van der Waals surface area contributed by atoms with Gasteiger partial charge in [-0.25, -0.2) is 0 Å². The third-order valence-electron chi connectivity index (χ3n) is 5.06. The number of nitrogens with zero attached hydrogens (tertiary/aromatic N) is 2. The number of morpholine rings is 1. The van der Waals surface area contributed by atoms with Crippen molar-refractivity contribution in [2.24, 2.45) is 0 Å². The molecular weight excluding hydrogens is 350 g/mol. The first-order chi connectivity index (χ1) is 13.7. The van der Waals surface area contributed by atoms with E-state index in [9.17, 15) is 4.79 Å². The second kappa shape index (κ2) is 10.2. The number of carbonyl (C=O) groups excluding carboxylic acids is 1. The first-order valence-electron chi connectivity index (χ1n) is 10.2. The second-order valence-electron chi connectivity index (χ2n) is 7.17. The van der Waals surface area contributed by atoms with Gasteiger partial charge in [0.1, 0.15) is 0 Å². The monoisotopic (exact) mass is 381 g/mol. The normalized spacial score (nSPS) is 14.6. The van der Waals surface area contributed by atoms with Gasteiger partial charge in [-0.3, -0.25) is 9.69 Å². The van der Waals surface area contributed by atoms with E-state index < -0.39 is 0 Å². The van der Waals surface area contributed by atoms with E-state index in [0.29, 0.717) is 5.56 Å². The van der Waals surface area contributed by atoms with E-state index in [2.05, 4.69) is 41.1 Å². The van der Waals surface area contributed by atoms with Crippen LogP contribution in [-0.4, -0.2) is 50.2 Å². The summed E-state index contributed by atoms with van der Waals surface area (Å²) in [4.78, 5) is 17.3. The van der Waals surface area contributed by atoms with Crippen molar-refractivity contribution in [3.63, 3.8) is 0 Å². The molecule has 28 heavy (non-hydrogen) atoms. The minimum atomic E-state index is -0.0754. The van der Waals surface area contributed by atoms with Gasteiger partial charge in [0.05, 0.1) is 13.2 Å². The minimum Gasteiger partial charge on any atom is -0.379 e. The van der Waals surface area contributed by atoms with Crippen molar-refractivity contribution < 1.29 is 9.53 Å². The molecule has 1 saturated heterocycles. The lowest BCUT2D eigenvalue weighted by Crippen LogP contribution is -2.35. The van der Waals surface area contributed by atoms with Gasteiger partial charge in [-0.2, -0.15) is 0 Å². The van der Waals surface area contributed by atoms with E-state index in [1.54, 1.807) is 0 Å². The smallest absolute Gasteiger partial charge is 0.255 e. The Morgan fingerprint density at radius 1 is 1.11 bits per heavy atom. The first kappa shape index (κ1) is 20.4. The molecule has 150 valence electrons. The number of hydrogen-bond donors (Lipinski definition) is 1. The largest absolute Gasteiger partial charge is 0.379 e. The zero-order valence-corrected chi connectivity index (χ0v) is 17.0. The average Bonchev–Trinajstić information content (AvgIpc) is 2.73. The number of anilines is 2. The van der Waals surface area contributed by atoms with Crippen LogP contribution in [0.3, 0.4) is 0 Å². The predicted octanol–water partition coefficient (Wildman–Crippen LogP) is 4.01. The molecule has 1 amide bonds. The molecule has 2 aromatic carbocycles. The fraction of sp³-hybridized carbons (Fsp3) is 0.435. The fourth-order valence-corrected chi connectivity index (χ4v) is 3.53. The lowest BCUT2D eigenvalue weighted by atomic mass is 10.1. The number of ether oxygens (including phenoxy) is 1. The van der Waals surface area contributed by atoms with Crippen molar-refractivity contribution in [1.29, 1.82) is 0 Å². The van der Waals surface area contributed by atoms with Crippen molar-refractivity contribution >= 4 is 17.3 Å². The molecule has 1 N–H and O–H groups in total. The van der Waals surface area contributed by atoms with Crippen molar-refractivity contribution in [3.05, 3.63) is 59.7 Å².